The van der Waals surface area contributed by atoms with E-state index in [-0.39, 0.29) is 11.9 Å². The van der Waals surface area contributed by atoms with Crippen molar-refractivity contribution in [1.82, 2.24) is 14.5 Å². The molecule has 1 aliphatic rings. The molecule has 168 valence electrons. The third kappa shape index (κ3) is 4.69. The fourth-order valence-corrected chi connectivity index (χ4v) is 4.01. The summed E-state index contributed by atoms with van der Waals surface area (Å²) in [7, 11) is 0. The first-order valence-corrected chi connectivity index (χ1v) is 11.0. The highest BCUT2D eigenvalue weighted by Crippen LogP contribution is 2.24. The minimum Gasteiger partial charge on any atom is -0.489 e. The third-order valence-electron chi connectivity index (χ3n) is 5.70. The number of imidazole rings is 1. The maximum Gasteiger partial charge on any atom is 0.147 e. The molecule has 1 aromatic heterocycles. The van der Waals surface area contributed by atoms with Crippen LogP contribution < -0.4 is 15.2 Å². The Morgan fingerprint density at radius 1 is 1.16 bits per heavy atom. The number of likely N-dealkylation sites (tertiary alicyclic amines) is 1. The quantitative estimate of drug-likeness (QED) is 0.369. The third-order valence-corrected chi connectivity index (χ3v) is 5.70. The van der Waals surface area contributed by atoms with Crippen LogP contribution in [-0.4, -0.2) is 45.3 Å². The van der Waals surface area contributed by atoms with E-state index in [9.17, 15) is 0 Å². The van der Waals surface area contributed by atoms with E-state index in [1.807, 2.05) is 54.3 Å². The van der Waals surface area contributed by atoms with Crippen LogP contribution in [0, 0.1) is 10.8 Å². The van der Waals surface area contributed by atoms with Crippen LogP contribution >= 0.6 is 0 Å². The van der Waals surface area contributed by atoms with Crippen molar-refractivity contribution in [3.8, 4) is 11.5 Å². The van der Waals surface area contributed by atoms with Crippen molar-refractivity contribution in [1.29, 1.82) is 10.8 Å². The Hall–Kier alpha value is -3.55. The van der Waals surface area contributed by atoms with Crippen LogP contribution in [0.25, 0.3) is 11.0 Å². The lowest BCUT2D eigenvalue weighted by Crippen LogP contribution is -2.28. The Bertz CT molecular complexity index is 1120. The highest BCUT2D eigenvalue weighted by molar-refractivity contribution is 5.98. The highest BCUT2D eigenvalue weighted by Gasteiger charge is 2.24. The number of fused-ring (bicyclic) bond motifs is 1. The van der Waals surface area contributed by atoms with Gasteiger partial charge in [0.1, 0.15) is 35.9 Å². The molecule has 2 aromatic carbocycles. The second-order valence-electron chi connectivity index (χ2n) is 8.12. The average molecular weight is 435 g/mol. The van der Waals surface area contributed by atoms with Gasteiger partial charge in [0.25, 0.3) is 0 Å². The molecule has 3 aromatic rings. The standard InChI is InChI=1S/C24H30N6O2/c1-3-11-30-22-9-4-17(24(26)27)13-21(22)28-23(30)15-31-18-5-7-19(8-6-18)32-20-10-12-29(14-20)16(2)25/h4-9,13,20,25H,3,10-12,14-15H2,1-2H3,(H3,26,27). The Kier molecular flexibility index (Phi) is 6.30. The van der Waals surface area contributed by atoms with Gasteiger partial charge >= 0.3 is 0 Å². The number of benzene rings is 2. The van der Waals surface area contributed by atoms with E-state index in [2.05, 4.69) is 11.5 Å². The SMILES string of the molecule is CCCn1c(COc2ccc(OC3CCN(C(C)=N)C3)cc2)nc2cc(C(=N)N)ccc21. The Balaban J connectivity index is 1.42. The number of nitrogens with two attached hydrogens (primary N) is 1. The smallest absolute Gasteiger partial charge is 0.147 e. The molecule has 0 radical (unpaired) electrons. The molecule has 1 unspecified atom stereocenters. The molecule has 2 heterocycles. The summed E-state index contributed by atoms with van der Waals surface area (Å²) >= 11 is 0. The van der Waals surface area contributed by atoms with Crippen LogP contribution in [0.1, 0.15) is 38.1 Å². The second-order valence-corrected chi connectivity index (χ2v) is 8.12. The molecule has 0 saturated carbocycles. The van der Waals surface area contributed by atoms with Crippen LogP contribution in [0.3, 0.4) is 0 Å². The average Bonchev–Trinajstić information content (AvgIpc) is 3.38. The minimum absolute atomic E-state index is 0.0373. The lowest BCUT2D eigenvalue weighted by Gasteiger charge is -2.17. The molecule has 4 N–H and O–H groups in total. The van der Waals surface area contributed by atoms with Crippen molar-refractivity contribution in [2.24, 2.45) is 5.73 Å². The number of hydrogen-bond acceptors (Lipinski definition) is 5. The summed E-state index contributed by atoms with van der Waals surface area (Å²) < 4.78 is 14.2. The molecule has 1 atom stereocenters. The van der Waals surface area contributed by atoms with Crippen molar-refractivity contribution < 1.29 is 9.47 Å². The number of ether oxygens (including phenoxy) is 2. The summed E-state index contributed by atoms with van der Waals surface area (Å²) in [5, 5.41) is 15.4. The number of aromatic nitrogens is 2. The number of rotatable bonds is 8. The molecular formula is C24H30N6O2. The van der Waals surface area contributed by atoms with E-state index in [1.54, 1.807) is 0 Å². The van der Waals surface area contributed by atoms with Crippen molar-refractivity contribution in [2.45, 2.75) is 45.9 Å². The fraction of sp³-hybridized carbons (Fsp3) is 0.375. The summed E-state index contributed by atoms with van der Waals surface area (Å²) in [6, 6.07) is 13.3. The van der Waals surface area contributed by atoms with Crippen LogP contribution in [0.2, 0.25) is 0 Å². The van der Waals surface area contributed by atoms with E-state index in [1.165, 1.54) is 0 Å². The largest absolute Gasteiger partial charge is 0.489 e. The van der Waals surface area contributed by atoms with E-state index in [0.29, 0.717) is 18.0 Å². The normalized spacial score (nSPS) is 15.8. The van der Waals surface area contributed by atoms with Gasteiger partial charge in [0.05, 0.1) is 23.4 Å². The Morgan fingerprint density at radius 2 is 1.91 bits per heavy atom. The summed E-state index contributed by atoms with van der Waals surface area (Å²) in [4.78, 5) is 6.77. The summed E-state index contributed by atoms with van der Waals surface area (Å²) in [5.74, 6) is 3.03. The zero-order valence-corrected chi connectivity index (χ0v) is 18.6. The molecule has 1 aliphatic heterocycles. The van der Waals surface area contributed by atoms with Gasteiger partial charge in [-0.1, -0.05) is 6.92 Å². The van der Waals surface area contributed by atoms with Gasteiger partial charge in [-0.25, -0.2) is 4.98 Å². The van der Waals surface area contributed by atoms with E-state index in [0.717, 1.165) is 60.8 Å². The Labute approximate surface area is 188 Å². The molecule has 32 heavy (non-hydrogen) atoms. The van der Waals surface area contributed by atoms with Gasteiger partial charge < -0.3 is 24.7 Å². The molecule has 1 saturated heterocycles. The molecule has 4 rings (SSSR count). The maximum atomic E-state index is 7.74. The molecule has 0 aliphatic carbocycles. The number of nitrogens with one attached hydrogen (secondary N) is 2. The van der Waals surface area contributed by atoms with Crippen molar-refractivity contribution in [3.63, 3.8) is 0 Å². The molecule has 8 heteroatoms. The van der Waals surface area contributed by atoms with E-state index in [4.69, 9.17) is 31.0 Å². The second kappa shape index (κ2) is 9.30. The zero-order chi connectivity index (χ0) is 22.7. The van der Waals surface area contributed by atoms with Gasteiger partial charge in [-0.2, -0.15) is 0 Å². The lowest BCUT2D eigenvalue weighted by atomic mass is 10.2. The molecule has 8 nitrogen and oxygen atoms in total. The van der Waals surface area contributed by atoms with E-state index < -0.39 is 0 Å². The van der Waals surface area contributed by atoms with Gasteiger partial charge in [0, 0.05) is 25.1 Å². The summed E-state index contributed by atoms with van der Waals surface area (Å²) in [6.07, 6.45) is 2.01. The summed E-state index contributed by atoms with van der Waals surface area (Å²) in [5.41, 5.74) is 8.14. The lowest BCUT2D eigenvalue weighted by molar-refractivity contribution is 0.213. The van der Waals surface area contributed by atoms with Crippen LogP contribution in [-0.2, 0) is 13.2 Å². The number of nitrogen functional groups attached to an aromatic ring is 1. The van der Waals surface area contributed by atoms with Gasteiger partial charge in [-0.05, 0) is 55.8 Å². The number of amidine groups is 2. The van der Waals surface area contributed by atoms with Gasteiger partial charge in [0.2, 0.25) is 0 Å². The first kappa shape index (κ1) is 21.7. The van der Waals surface area contributed by atoms with Gasteiger partial charge in [-0.3, -0.25) is 10.8 Å². The minimum atomic E-state index is 0.0373. The number of hydrogen-bond donors (Lipinski definition) is 3. The monoisotopic (exact) mass is 434 g/mol. The molecule has 0 bridgehead atoms. The van der Waals surface area contributed by atoms with Crippen molar-refractivity contribution in [2.75, 3.05) is 13.1 Å². The maximum absolute atomic E-state index is 7.74. The van der Waals surface area contributed by atoms with Crippen LogP contribution in [0.15, 0.2) is 42.5 Å². The Morgan fingerprint density at radius 3 is 2.56 bits per heavy atom. The molecule has 0 amide bonds. The number of nitrogens with zero attached hydrogens (tertiary/aromatic N) is 3. The van der Waals surface area contributed by atoms with Crippen LogP contribution in [0.4, 0.5) is 0 Å². The molecule has 1 fully saturated rings. The summed E-state index contributed by atoms with van der Waals surface area (Å²) in [6.45, 7) is 6.76. The number of aryl methyl sites for hydroxylation is 1. The van der Waals surface area contributed by atoms with Gasteiger partial charge in [0.15, 0.2) is 0 Å². The topological polar surface area (TPSA) is 113 Å². The highest BCUT2D eigenvalue weighted by atomic mass is 16.5. The van der Waals surface area contributed by atoms with Crippen molar-refractivity contribution in [3.05, 3.63) is 53.9 Å². The first-order chi connectivity index (χ1) is 15.4. The first-order valence-electron chi connectivity index (χ1n) is 11.0. The van der Waals surface area contributed by atoms with E-state index >= 15 is 0 Å². The van der Waals surface area contributed by atoms with Crippen LogP contribution in [0.5, 0.6) is 11.5 Å². The fourth-order valence-electron chi connectivity index (χ4n) is 4.01. The molecular weight excluding hydrogens is 404 g/mol. The zero-order valence-electron chi connectivity index (χ0n) is 18.6. The van der Waals surface area contributed by atoms with Gasteiger partial charge in [-0.15, -0.1) is 0 Å². The molecule has 0 spiro atoms. The predicted octanol–water partition coefficient (Wildman–Crippen LogP) is 3.76. The predicted molar refractivity (Wildman–Crippen MR) is 126 cm³/mol. The van der Waals surface area contributed by atoms with Crippen molar-refractivity contribution >= 4 is 22.7 Å².